The smallest absolute Gasteiger partial charge is 0.251 e. The normalized spacial score (nSPS) is 15.5. The van der Waals surface area contributed by atoms with Crippen LogP contribution in [-0.2, 0) is 0 Å². The Labute approximate surface area is 425 Å². The molecule has 14 rings (SSSR count). The van der Waals surface area contributed by atoms with Crippen molar-refractivity contribution < 1.29 is 13.7 Å². The molecule has 0 radical (unpaired) electrons. The third-order valence-corrected chi connectivity index (χ3v) is 19.4. The van der Waals surface area contributed by atoms with E-state index in [-0.39, 0.29) is 42.0 Å². The fourth-order valence-corrected chi connectivity index (χ4v) is 17.2. The summed E-state index contributed by atoms with van der Waals surface area (Å²) in [4.78, 5) is 4.52. The summed E-state index contributed by atoms with van der Waals surface area (Å²) >= 11 is 0. The van der Waals surface area contributed by atoms with Crippen molar-refractivity contribution in [2.45, 2.75) is 0 Å². The highest BCUT2D eigenvalue weighted by Gasteiger charge is 2.56. The molecule has 0 unspecified atom stereocenters. The molecule has 0 saturated heterocycles. The number of para-hydroxylation sites is 2. The Balaban J connectivity index is 1.20. The number of nitrogens with zero attached hydrogens (tertiary/aromatic N) is 2. The molecule has 3 aliphatic rings. The van der Waals surface area contributed by atoms with Gasteiger partial charge >= 0.3 is 0 Å². The molecule has 0 bridgehead atoms. The van der Waals surface area contributed by atoms with Crippen LogP contribution < -0.4 is 46.9 Å². The van der Waals surface area contributed by atoms with Gasteiger partial charge in [-0.05, 0) is 83.7 Å². The van der Waals surface area contributed by atoms with Gasteiger partial charge in [-0.25, -0.2) is 0 Å². The van der Waals surface area contributed by atoms with E-state index in [9.17, 15) is 5.48 Å². The van der Waals surface area contributed by atoms with Crippen LogP contribution in [0.1, 0.15) is 13.7 Å². The van der Waals surface area contributed by atoms with Crippen LogP contribution in [0.25, 0.3) is 44.5 Å². The van der Waals surface area contributed by atoms with Crippen molar-refractivity contribution in [2.24, 2.45) is 0 Å². The molecule has 11 aromatic rings. The summed E-state index contributed by atoms with van der Waals surface area (Å²) in [7, 11) is -3.42. The molecule has 0 N–H and O–H groups in total. The zero-order chi connectivity index (χ0) is 54.9. The maximum Gasteiger partial charge on any atom is 0.251 e. The van der Waals surface area contributed by atoms with E-state index >= 15 is 0 Å². The average molecular weight is 915 g/mol. The molecule has 0 aliphatic carbocycles. The predicted molar refractivity (Wildman–Crippen MR) is 299 cm³/mol. The summed E-state index contributed by atoms with van der Waals surface area (Å²) in [5, 5.41) is 4.71. The quantitative estimate of drug-likeness (QED) is 0.140. The molecule has 0 aromatic heterocycles. The summed E-state index contributed by atoms with van der Waals surface area (Å²) in [6.45, 7) is -0.375. The van der Waals surface area contributed by atoms with Gasteiger partial charge < -0.3 is 9.80 Å². The Morgan fingerprint density at radius 2 is 0.629 bits per heavy atom. The van der Waals surface area contributed by atoms with Crippen LogP contribution in [0.15, 0.2) is 273 Å². The minimum Gasteiger partial charge on any atom is -0.310 e. The lowest BCUT2D eigenvalue weighted by atomic mass is 9.33. The van der Waals surface area contributed by atoms with E-state index in [1.54, 1.807) is 0 Å². The molecular weight excluding hydrogens is 860 g/mol. The molecule has 3 heterocycles. The van der Waals surface area contributed by atoms with Crippen molar-refractivity contribution in [1.29, 1.82) is 0 Å². The first-order valence-corrected chi connectivity index (χ1v) is 25.6. The van der Waals surface area contributed by atoms with Crippen molar-refractivity contribution >= 4 is 86.0 Å². The molecule has 4 heteroatoms. The summed E-state index contributed by atoms with van der Waals surface area (Å²) in [6, 6.07) is 68.6. The van der Waals surface area contributed by atoms with Crippen LogP contribution in [0.3, 0.4) is 0 Å². The van der Waals surface area contributed by atoms with Crippen LogP contribution in [0.2, 0.25) is 0 Å². The highest BCUT2D eigenvalue weighted by molar-refractivity contribution is 7.27. The Bertz CT molecular complexity index is 4060. The van der Waals surface area contributed by atoms with Crippen molar-refractivity contribution in [3.05, 3.63) is 273 Å². The van der Waals surface area contributed by atoms with Gasteiger partial charge in [0.25, 0.3) is 6.71 Å². The molecule has 0 fully saturated rings. The molecule has 3 aliphatic heterocycles. The first-order valence-electron chi connectivity index (χ1n) is 28.6. The van der Waals surface area contributed by atoms with Gasteiger partial charge in [-0.2, -0.15) is 0 Å². The van der Waals surface area contributed by atoms with Crippen molar-refractivity contribution in [2.75, 3.05) is 9.80 Å². The van der Waals surface area contributed by atoms with E-state index in [0.29, 0.717) is 22.5 Å². The largest absolute Gasteiger partial charge is 0.310 e. The summed E-state index contributed by atoms with van der Waals surface area (Å²) in [6.07, 6.45) is 0. The number of hydrogen-bond donors (Lipinski definition) is 0. The van der Waals surface area contributed by atoms with E-state index in [1.165, 1.54) is 20.7 Å². The second-order valence-corrected chi connectivity index (χ2v) is 21.6. The van der Waals surface area contributed by atoms with Gasteiger partial charge in [-0.15, -0.1) is 0 Å². The molecule has 0 atom stereocenters. The lowest BCUT2D eigenvalue weighted by molar-refractivity contribution is 1.25. The molecule has 0 saturated carbocycles. The van der Waals surface area contributed by atoms with Gasteiger partial charge in [0.1, 0.15) is 0 Å². The molecule has 2 nitrogen and oxygen atoms in total. The zero-order valence-corrected chi connectivity index (χ0v) is 38.7. The Kier molecular flexibility index (Phi) is 7.27. The number of benzene rings is 11. The third kappa shape index (κ3) is 5.87. The lowest BCUT2D eigenvalue weighted by Crippen LogP contribution is -2.88. The van der Waals surface area contributed by atoms with Crippen molar-refractivity contribution in [3.63, 3.8) is 0 Å². The number of hydrogen-bond acceptors (Lipinski definition) is 2. The second kappa shape index (κ2) is 16.2. The van der Waals surface area contributed by atoms with Crippen LogP contribution in [-0.4, -0.2) is 14.8 Å². The topological polar surface area (TPSA) is 6.48 Å². The summed E-state index contributed by atoms with van der Waals surface area (Å²) < 4.78 is 91.5. The molecule has 70 heavy (non-hydrogen) atoms. The highest BCUT2D eigenvalue weighted by atomic mass is 28.3. The molecule has 11 aromatic carbocycles. The van der Waals surface area contributed by atoms with E-state index in [2.05, 4.69) is 119 Å². The third-order valence-electron chi connectivity index (χ3n) is 14.5. The van der Waals surface area contributed by atoms with Gasteiger partial charge in [0.15, 0.2) is 8.07 Å². The van der Waals surface area contributed by atoms with Gasteiger partial charge in [0.2, 0.25) is 0 Å². The SMILES string of the molecule is [2H]c1c([2H])c([2H])c(-c2cccc(-c3ccccc3)c2N2c3cccc4c3B3c5c2cccc5[Si](c2ccccc2)(c2ccccc2)c2cccc(c23)N4c2c(-c3ccccc3)cccc2-c2c([2H])c([2H])c([2H])c([2H])c2[2H])c([2H])c1[2H]. The minimum atomic E-state index is -3.42. The molecule has 326 valence electrons. The summed E-state index contributed by atoms with van der Waals surface area (Å²) in [5.41, 5.74) is 12.1. The fourth-order valence-electron chi connectivity index (χ4n) is 11.9. The first kappa shape index (κ1) is 31.4. The van der Waals surface area contributed by atoms with E-state index < -0.39 is 44.3 Å². The van der Waals surface area contributed by atoms with E-state index in [1.807, 2.05) is 103 Å². The number of anilines is 6. The fraction of sp³-hybridized carbons (Fsp3) is 0. The molecule has 0 amide bonds. The highest BCUT2D eigenvalue weighted by Crippen LogP contribution is 2.52. The number of rotatable bonds is 8. The predicted octanol–water partition coefficient (Wildman–Crippen LogP) is 12.1. The Morgan fingerprint density at radius 3 is 1.03 bits per heavy atom. The monoisotopic (exact) mass is 914 g/mol. The zero-order valence-electron chi connectivity index (χ0n) is 47.7. The minimum absolute atomic E-state index is 0.0760. The maximum atomic E-state index is 9.54. The van der Waals surface area contributed by atoms with E-state index in [4.69, 9.17) is 8.22 Å². The van der Waals surface area contributed by atoms with Crippen LogP contribution in [0, 0.1) is 0 Å². The van der Waals surface area contributed by atoms with Crippen LogP contribution in [0.5, 0.6) is 0 Å². The van der Waals surface area contributed by atoms with E-state index in [0.717, 1.165) is 61.4 Å². The molecule has 0 spiro atoms. The lowest BCUT2D eigenvalue weighted by Gasteiger charge is -2.52. The van der Waals surface area contributed by atoms with Crippen molar-refractivity contribution in [3.8, 4) is 44.5 Å². The average Bonchev–Trinajstić information content (AvgIpc) is 3.61. The first-order chi connectivity index (χ1) is 38.9. The van der Waals surface area contributed by atoms with Gasteiger partial charge in [-0.1, -0.05) is 248 Å². The van der Waals surface area contributed by atoms with Gasteiger partial charge in [-0.3, -0.25) is 0 Å². The summed E-state index contributed by atoms with van der Waals surface area (Å²) in [5.74, 6) is 0. The van der Waals surface area contributed by atoms with Crippen molar-refractivity contribution in [1.82, 2.24) is 0 Å². The Hall–Kier alpha value is -8.70. The van der Waals surface area contributed by atoms with Gasteiger partial charge in [0.05, 0.1) is 25.1 Å². The standard InChI is InChI=1S/C66H45BN2Si/c1-7-24-46(25-8-1)52-36-19-37-53(47-26-9-2-10-27-47)65(52)68-56-40-21-41-57-62(56)67-63-58(68)42-22-44-60(63)70(50-32-15-5-16-33-50,51-34-17-6-18-35-51)61-45-23-43-59(64(61)67)69(57)66-54(48-28-11-3-12-29-48)38-20-39-55(66)49-30-13-4-14-31-49/h1-45H/i1D,3D,7D,8D,11D,12D,24D,25D,28D,29D. The molecular formula is C66H45BN2Si. The second-order valence-electron chi connectivity index (χ2n) is 17.9. The van der Waals surface area contributed by atoms with Crippen LogP contribution in [0.4, 0.5) is 34.1 Å². The Morgan fingerprint density at radius 1 is 0.300 bits per heavy atom. The maximum absolute atomic E-state index is 9.54. The van der Waals surface area contributed by atoms with Gasteiger partial charge in [0, 0.05) is 45.0 Å². The van der Waals surface area contributed by atoms with Crippen LogP contribution >= 0.6 is 0 Å².